The Morgan fingerprint density at radius 3 is 3.08 bits per heavy atom. The maximum absolute atomic E-state index is 12.1. The van der Waals surface area contributed by atoms with Crippen molar-refractivity contribution >= 4 is 17.5 Å². The van der Waals surface area contributed by atoms with Gasteiger partial charge in [-0.15, -0.1) is 0 Å². The number of nitrogen functional groups attached to an aromatic ring is 1. The van der Waals surface area contributed by atoms with Gasteiger partial charge in [-0.05, 0) is 51.0 Å². The van der Waals surface area contributed by atoms with Crippen LogP contribution in [0.5, 0.6) is 0 Å². The van der Waals surface area contributed by atoms with E-state index in [1.807, 2.05) is 0 Å². The summed E-state index contributed by atoms with van der Waals surface area (Å²) in [5.41, 5.74) is 10.3. The molecule has 1 unspecified atom stereocenters. The number of unbranched alkanes of at least 4 members (excludes halogenated alkanes) is 1. The molecule has 1 fully saturated rings. The van der Waals surface area contributed by atoms with Crippen molar-refractivity contribution in [2.75, 3.05) is 30.3 Å². The number of carbonyl (C=O) groups excluding carboxylic acids is 1. The van der Waals surface area contributed by atoms with E-state index < -0.39 is 0 Å². The number of anilines is 2. The van der Waals surface area contributed by atoms with Crippen LogP contribution in [-0.2, 0) is 17.6 Å². The third-order valence-electron chi connectivity index (χ3n) is 5.25. The van der Waals surface area contributed by atoms with Crippen LogP contribution in [0, 0.1) is 0 Å². The van der Waals surface area contributed by atoms with Gasteiger partial charge in [0.1, 0.15) is 0 Å². The van der Waals surface area contributed by atoms with Gasteiger partial charge in [-0.1, -0.05) is 13.3 Å². The van der Waals surface area contributed by atoms with Crippen LogP contribution in [0.3, 0.4) is 0 Å². The summed E-state index contributed by atoms with van der Waals surface area (Å²) < 4.78 is 5.29. The number of aryl methyl sites for hydroxylation is 1. The van der Waals surface area contributed by atoms with E-state index in [1.54, 1.807) is 6.20 Å². The first-order chi connectivity index (χ1) is 12.0. The first kappa shape index (κ1) is 17.8. The number of nitrogens with zero attached hydrogens (tertiary/aromatic N) is 2. The lowest BCUT2D eigenvalue weighted by molar-refractivity contribution is 0.129. The number of hydrogen-bond donors (Lipinski definition) is 2. The quantitative estimate of drug-likeness (QED) is 0.801. The van der Waals surface area contributed by atoms with Crippen LogP contribution in [0.4, 0.5) is 16.2 Å². The molecule has 2 aliphatic rings. The summed E-state index contributed by atoms with van der Waals surface area (Å²) in [4.78, 5) is 18.9. The molecule has 1 aliphatic carbocycles. The van der Waals surface area contributed by atoms with Crippen LogP contribution in [0.1, 0.15) is 57.2 Å². The molecule has 25 heavy (non-hydrogen) atoms. The molecular formula is C19H30N4O2. The Morgan fingerprint density at radius 2 is 2.28 bits per heavy atom. The molecule has 3 rings (SSSR count). The lowest BCUT2D eigenvalue weighted by atomic mass is 9.90. The molecule has 1 aliphatic heterocycles. The van der Waals surface area contributed by atoms with Gasteiger partial charge < -0.3 is 20.7 Å². The average Bonchev–Trinajstić information content (AvgIpc) is 3.03. The van der Waals surface area contributed by atoms with Crippen molar-refractivity contribution in [1.29, 1.82) is 0 Å². The van der Waals surface area contributed by atoms with Crippen molar-refractivity contribution in [3.63, 3.8) is 0 Å². The minimum Gasteiger partial charge on any atom is -0.450 e. The molecular weight excluding hydrogens is 316 g/mol. The summed E-state index contributed by atoms with van der Waals surface area (Å²) in [7, 11) is 0. The Kier molecular flexibility index (Phi) is 5.35. The molecule has 138 valence electrons. The molecule has 0 saturated carbocycles. The Balaban J connectivity index is 1.71. The Labute approximate surface area is 150 Å². The molecule has 0 aromatic carbocycles. The van der Waals surface area contributed by atoms with Crippen molar-refractivity contribution in [3.05, 3.63) is 17.5 Å². The number of amides is 1. The second-order valence-electron chi connectivity index (χ2n) is 7.54. The summed E-state index contributed by atoms with van der Waals surface area (Å²) in [6.07, 6.45) is 8.58. The zero-order chi connectivity index (χ0) is 17.9. The number of nitrogens with one attached hydrogen (secondary N) is 1. The number of hydrogen-bond acceptors (Lipinski definition) is 5. The molecule has 1 saturated heterocycles. The van der Waals surface area contributed by atoms with Crippen LogP contribution in [0.2, 0.25) is 0 Å². The summed E-state index contributed by atoms with van der Waals surface area (Å²) >= 11 is 0. The molecule has 1 atom stereocenters. The van der Waals surface area contributed by atoms with Crippen LogP contribution < -0.4 is 16.0 Å². The second-order valence-corrected chi connectivity index (χ2v) is 7.54. The zero-order valence-electron chi connectivity index (χ0n) is 15.4. The first-order valence-electron chi connectivity index (χ1n) is 9.48. The van der Waals surface area contributed by atoms with E-state index in [1.165, 1.54) is 11.3 Å². The van der Waals surface area contributed by atoms with E-state index in [9.17, 15) is 4.79 Å². The number of alkyl carbamates (subject to hydrolysis) is 1. The van der Waals surface area contributed by atoms with Crippen LogP contribution in [0.25, 0.3) is 0 Å². The van der Waals surface area contributed by atoms with E-state index >= 15 is 0 Å². The third kappa shape index (κ3) is 3.99. The smallest absolute Gasteiger partial charge is 0.407 e. The number of aromatic nitrogens is 1. The molecule has 2 heterocycles. The minimum atomic E-state index is -0.314. The Morgan fingerprint density at radius 1 is 1.44 bits per heavy atom. The highest BCUT2D eigenvalue weighted by Gasteiger charge is 2.35. The fourth-order valence-electron chi connectivity index (χ4n) is 4.01. The topological polar surface area (TPSA) is 80.5 Å². The van der Waals surface area contributed by atoms with Crippen molar-refractivity contribution < 1.29 is 9.53 Å². The monoisotopic (exact) mass is 346 g/mol. The van der Waals surface area contributed by atoms with E-state index in [0.29, 0.717) is 6.61 Å². The van der Waals surface area contributed by atoms with Gasteiger partial charge in [0.25, 0.3) is 0 Å². The van der Waals surface area contributed by atoms with Gasteiger partial charge in [0, 0.05) is 18.8 Å². The van der Waals surface area contributed by atoms with E-state index in [-0.39, 0.29) is 11.6 Å². The summed E-state index contributed by atoms with van der Waals surface area (Å²) in [6.45, 7) is 6.36. The normalized spacial score (nSPS) is 22.6. The number of carbonyl (C=O) groups is 1. The minimum absolute atomic E-state index is 0.303. The van der Waals surface area contributed by atoms with Crippen molar-refractivity contribution in [2.45, 2.75) is 64.3 Å². The highest BCUT2D eigenvalue weighted by molar-refractivity contribution is 5.73. The first-order valence-corrected chi connectivity index (χ1v) is 9.48. The maximum atomic E-state index is 12.1. The van der Waals surface area contributed by atoms with Crippen LogP contribution >= 0.6 is 0 Å². The van der Waals surface area contributed by atoms with E-state index in [2.05, 4.69) is 29.0 Å². The highest BCUT2D eigenvalue weighted by Crippen LogP contribution is 2.37. The van der Waals surface area contributed by atoms with Crippen molar-refractivity contribution in [1.82, 2.24) is 10.3 Å². The number of ether oxygens (including phenoxy) is 1. The van der Waals surface area contributed by atoms with Gasteiger partial charge in [0.2, 0.25) is 0 Å². The molecule has 0 bridgehead atoms. The van der Waals surface area contributed by atoms with Gasteiger partial charge in [0.05, 0.1) is 29.7 Å². The number of fused-ring (bicyclic) bond motifs is 1. The predicted molar refractivity (Wildman–Crippen MR) is 99.9 cm³/mol. The number of nitrogens with two attached hydrogens (primary N) is 1. The van der Waals surface area contributed by atoms with E-state index in [0.717, 1.165) is 69.4 Å². The second kappa shape index (κ2) is 7.50. The largest absolute Gasteiger partial charge is 0.450 e. The maximum Gasteiger partial charge on any atom is 0.407 e. The molecule has 6 heteroatoms. The third-order valence-corrected chi connectivity index (χ3v) is 5.25. The van der Waals surface area contributed by atoms with Gasteiger partial charge in [-0.25, -0.2) is 4.79 Å². The number of pyridine rings is 1. The Bertz CT molecular complexity index is 634. The summed E-state index contributed by atoms with van der Waals surface area (Å²) in [5.74, 6) is 0. The average molecular weight is 346 g/mol. The number of rotatable bonds is 5. The molecule has 1 amide bonds. The van der Waals surface area contributed by atoms with Crippen molar-refractivity contribution in [3.8, 4) is 0 Å². The number of piperidine rings is 1. The van der Waals surface area contributed by atoms with E-state index in [4.69, 9.17) is 10.5 Å². The predicted octanol–water partition coefficient (Wildman–Crippen LogP) is 3.04. The molecule has 1 aromatic heterocycles. The van der Waals surface area contributed by atoms with Gasteiger partial charge in [0.15, 0.2) is 0 Å². The van der Waals surface area contributed by atoms with Crippen molar-refractivity contribution in [2.24, 2.45) is 0 Å². The SMILES string of the molecule is CCCCOC(=O)NC1(C)CCCN(c2c(N)cnc3c2CCC3)C1. The summed E-state index contributed by atoms with van der Waals surface area (Å²) in [5, 5.41) is 3.08. The fourth-order valence-corrected chi connectivity index (χ4v) is 4.01. The molecule has 3 N–H and O–H groups in total. The van der Waals surface area contributed by atoms with Crippen LogP contribution in [0.15, 0.2) is 6.20 Å². The highest BCUT2D eigenvalue weighted by atomic mass is 16.5. The molecule has 6 nitrogen and oxygen atoms in total. The Hall–Kier alpha value is -1.98. The zero-order valence-corrected chi connectivity index (χ0v) is 15.4. The molecule has 1 aromatic rings. The molecule has 0 spiro atoms. The lowest BCUT2D eigenvalue weighted by Gasteiger charge is -2.42. The summed E-state index contributed by atoms with van der Waals surface area (Å²) in [6, 6.07) is 0. The van der Waals surface area contributed by atoms with Gasteiger partial charge >= 0.3 is 6.09 Å². The van der Waals surface area contributed by atoms with Crippen LogP contribution in [-0.4, -0.2) is 36.3 Å². The van der Waals surface area contributed by atoms with Gasteiger partial charge in [-0.2, -0.15) is 0 Å². The lowest BCUT2D eigenvalue weighted by Crippen LogP contribution is -2.57. The molecule has 0 radical (unpaired) electrons. The standard InChI is InChI=1S/C19H30N4O2/c1-3-4-11-25-18(24)22-19(2)9-6-10-23(13-19)17-14-7-5-8-16(14)21-12-15(17)20/h12H,3-11,13,20H2,1-2H3,(H,22,24). The fraction of sp³-hybridized carbons (Fsp3) is 0.684. The van der Waals surface area contributed by atoms with Gasteiger partial charge in [-0.3, -0.25) is 4.98 Å².